The molecule has 0 bridgehead atoms. The molecule has 2 aliphatic rings. The van der Waals surface area contributed by atoms with Gasteiger partial charge in [0.2, 0.25) is 0 Å². The Labute approximate surface area is 288 Å². The average Bonchev–Trinajstić information content (AvgIpc) is 3.89. The molecule has 8 N–H and O–H groups in total. The summed E-state index contributed by atoms with van der Waals surface area (Å²) in [5.74, 6) is 1.21. The Bertz CT molecular complexity index is 1540. The Morgan fingerprint density at radius 3 is 1.26 bits per heavy atom. The molecule has 0 saturated carbocycles. The number of anilines is 2. The van der Waals surface area contributed by atoms with Gasteiger partial charge in [0.15, 0.2) is 46.4 Å². The van der Waals surface area contributed by atoms with Crippen molar-refractivity contribution in [1.82, 2.24) is 39.0 Å². The number of hydrogen-bond acceptors (Lipinski definition) is 16. The van der Waals surface area contributed by atoms with Gasteiger partial charge in [-0.05, 0) is 12.8 Å². The lowest BCUT2D eigenvalue weighted by atomic mass is 10.1. The Hall–Kier alpha value is -3.62. The highest BCUT2D eigenvalue weighted by Gasteiger charge is 2.45. The van der Waals surface area contributed by atoms with Gasteiger partial charge < -0.3 is 50.7 Å². The molecule has 2 aliphatic heterocycles. The lowest BCUT2D eigenvalue weighted by Crippen LogP contribution is -2.33. The molecule has 0 unspecified atom stereocenters. The molecule has 0 radical (unpaired) electrons. The van der Waals surface area contributed by atoms with Crippen LogP contribution in [0.25, 0.3) is 22.3 Å². The van der Waals surface area contributed by atoms with Gasteiger partial charge in [-0.15, -0.1) is 0 Å². The van der Waals surface area contributed by atoms with E-state index >= 15 is 0 Å². The number of imidazole rings is 2. The van der Waals surface area contributed by atoms with Crippen LogP contribution in [-0.2, 0) is 9.47 Å². The van der Waals surface area contributed by atoms with Crippen LogP contribution in [0.5, 0.6) is 0 Å². The highest BCUT2D eigenvalue weighted by Crippen LogP contribution is 2.33. The van der Waals surface area contributed by atoms with Crippen molar-refractivity contribution in [3.8, 4) is 0 Å². The van der Waals surface area contributed by atoms with Crippen LogP contribution in [-0.4, -0.2) is 133 Å². The first-order valence-corrected chi connectivity index (χ1v) is 17.5. The number of rotatable bonds is 19. The minimum absolute atomic E-state index is 0.401. The van der Waals surface area contributed by atoms with E-state index < -0.39 is 62.3 Å². The van der Waals surface area contributed by atoms with E-state index in [-0.39, 0.29) is 0 Å². The molecule has 2 saturated heterocycles. The van der Waals surface area contributed by atoms with Gasteiger partial charge in [0.1, 0.15) is 49.3 Å². The number of ether oxygens (including phenoxy) is 2. The van der Waals surface area contributed by atoms with Gasteiger partial charge in [-0.25, -0.2) is 29.9 Å². The number of nitrogens with one attached hydrogen (secondary N) is 2. The van der Waals surface area contributed by atoms with Gasteiger partial charge in [-0.2, -0.15) is 0 Å². The van der Waals surface area contributed by atoms with E-state index in [0.29, 0.717) is 34.0 Å². The Morgan fingerprint density at radius 2 is 0.900 bits per heavy atom. The molecule has 274 valence electrons. The van der Waals surface area contributed by atoms with E-state index in [0.717, 1.165) is 38.8 Å². The third-order valence-electron chi connectivity index (χ3n) is 9.49. The number of aromatic nitrogens is 8. The van der Waals surface area contributed by atoms with Crippen LogP contribution >= 0.6 is 0 Å². The molecule has 0 amide bonds. The minimum atomic E-state index is -1.21. The van der Waals surface area contributed by atoms with Gasteiger partial charge in [-0.3, -0.25) is 9.13 Å². The number of aliphatic hydroxyl groups excluding tert-OH is 6. The van der Waals surface area contributed by atoms with E-state index in [1.165, 1.54) is 63.8 Å². The lowest BCUT2D eigenvalue weighted by molar-refractivity contribution is -0.0511. The van der Waals surface area contributed by atoms with Gasteiger partial charge in [0, 0.05) is 13.1 Å². The number of nitrogens with zero attached hydrogens (tertiary/aromatic N) is 8. The van der Waals surface area contributed by atoms with Crippen LogP contribution < -0.4 is 10.6 Å². The zero-order chi connectivity index (χ0) is 35.0. The van der Waals surface area contributed by atoms with Gasteiger partial charge >= 0.3 is 0 Å². The monoisotopic (exact) mass is 700 g/mol. The van der Waals surface area contributed by atoms with Crippen molar-refractivity contribution in [2.75, 3.05) is 36.9 Å². The van der Waals surface area contributed by atoms with Gasteiger partial charge in [0.05, 0.1) is 25.9 Å². The van der Waals surface area contributed by atoms with E-state index in [1.54, 1.807) is 9.13 Å². The summed E-state index contributed by atoms with van der Waals surface area (Å²) in [5, 5.41) is 66.4. The van der Waals surface area contributed by atoms with Crippen molar-refractivity contribution in [3.63, 3.8) is 0 Å². The molecule has 8 atom stereocenters. The fourth-order valence-corrected chi connectivity index (χ4v) is 6.63. The number of aliphatic hydroxyl groups is 6. The topological polar surface area (TPSA) is 251 Å². The van der Waals surface area contributed by atoms with E-state index in [2.05, 4.69) is 40.5 Å². The molecule has 2 fully saturated rings. The fourth-order valence-electron chi connectivity index (χ4n) is 6.63. The van der Waals surface area contributed by atoms with Crippen LogP contribution in [0.1, 0.15) is 76.7 Å². The third-order valence-corrected chi connectivity index (χ3v) is 9.49. The number of fused-ring (bicyclic) bond motifs is 2. The first kappa shape index (κ1) is 36.2. The van der Waals surface area contributed by atoms with Crippen molar-refractivity contribution >= 4 is 34.0 Å². The van der Waals surface area contributed by atoms with Crippen molar-refractivity contribution < 1.29 is 40.1 Å². The predicted octanol–water partition coefficient (Wildman–Crippen LogP) is 0.614. The summed E-state index contributed by atoms with van der Waals surface area (Å²) in [6.45, 7) is 0.691. The van der Waals surface area contributed by atoms with E-state index in [4.69, 9.17) is 9.47 Å². The summed E-state index contributed by atoms with van der Waals surface area (Å²) < 4.78 is 14.4. The van der Waals surface area contributed by atoms with Crippen molar-refractivity contribution in [3.05, 3.63) is 25.3 Å². The molecule has 50 heavy (non-hydrogen) atoms. The summed E-state index contributed by atoms with van der Waals surface area (Å²) in [5.41, 5.74) is 2.05. The second-order valence-electron chi connectivity index (χ2n) is 12.9. The maximum absolute atomic E-state index is 10.4. The zero-order valence-corrected chi connectivity index (χ0v) is 27.9. The van der Waals surface area contributed by atoms with Crippen molar-refractivity contribution in [2.24, 2.45) is 0 Å². The highest BCUT2D eigenvalue weighted by molar-refractivity contribution is 5.83. The quantitative estimate of drug-likeness (QED) is 0.0624. The van der Waals surface area contributed by atoms with Crippen LogP contribution in [0, 0.1) is 0 Å². The Kier molecular flexibility index (Phi) is 12.3. The van der Waals surface area contributed by atoms with E-state index in [1.807, 2.05) is 0 Å². The number of hydrogen-bond donors (Lipinski definition) is 8. The van der Waals surface area contributed by atoms with E-state index in [9.17, 15) is 30.6 Å². The molecule has 18 nitrogen and oxygen atoms in total. The summed E-state index contributed by atoms with van der Waals surface area (Å²) in [4.78, 5) is 26.1. The van der Waals surface area contributed by atoms with Gasteiger partial charge in [0.25, 0.3) is 0 Å². The average molecular weight is 701 g/mol. The molecule has 4 aromatic rings. The maximum atomic E-state index is 10.4. The Balaban J connectivity index is 0.815. The maximum Gasteiger partial charge on any atom is 0.167 e. The molecule has 6 rings (SSSR count). The molecule has 0 aromatic carbocycles. The predicted molar refractivity (Wildman–Crippen MR) is 180 cm³/mol. The van der Waals surface area contributed by atoms with Crippen LogP contribution in [0.2, 0.25) is 0 Å². The summed E-state index contributed by atoms with van der Waals surface area (Å²) in [6, 6.07) is 0. The normalized spacial score (nSPS) is 26.8. The summed E-state index contributed by atoms with van der Waals surface area (Å²) in [6.07, 6.45) is 8.86. The van der Waals surface area contributed by atoms with Crippen LogP contribution in [0.15, 0.2) is 25.3 Å². The molecule has 4 aromatic heterocycles. The first-order valence-electron chi connectivity index (χ1n) is 17.5. The molecule has 18 heteroatoms. The molecule has 0 spiro atoms. The first-order chi connectivity index (χ1) is 24.4. The second kappa shape index (κ2) is 17.1. The second-order valence-corrected chi connectivity index (χ2v) is 12.9. The largest absolute Gasteiger partial charge is 0.394 e. The smallest absolute Gasteiger partial charge is 0.167 e. The zero-order valence-electron chi connectivity index (χ0n) is 27.9. The lowest BCUT2D eigenvalue weighted by Gasteiger charge is -2.16. The van der Waals surface area contributed by atoms with Gasteiger partial charge in [-0.1, -0.05) is 51.4 Å². The summed E-state index contributed by atoms with van der Waals surface area (Å²) in [7, 11) is 0. The molecular weight excluding hydrogens is 652 g/mol. The standard InChI is InChI=1S/C32H48N10O8/c43-13-19-23(45)25(47)31(49-19)41-17-39-21-27(35-15-37-29(21)41)33-11-9-7-5-3-1-2-4-6-8-10-12-34-28-22-30(38-16-36-28)42(18-40-22)32-26(48)24(46)20(14-44)50-32/h15-20,23-26,31-32,43-48H,1-14H2,(H,33,35,37)(H,34,36,38)/t19-,20-,23-,24-,25-,26-,31-,32-/m1/s1. The van der Waals surface area contributed by atoms with Crippen molar-refractivity contribution in [1.29, 1.82) is 0 Å². The molecule has 0 aliphatic carbocycles. The third kappa shape index (κ3) is 7.81. The SMILES string of the molecule is OC[C@H]1O[C@@H](n2cnc3c(NCCCCCCCCCCCCNc4ncnc5c4ncn5[C@@H]4O[C@H](CO)[C@@H](O)[C@H]4O)ncnc32)[C@H](O)[C@@H]1O. The van der Waals surface area contributed by atoms with Crippen LogP contribution in [0.4, 0.5) is 11.6 Å². The number of unbranched alkanes of at least 4 members (excludes halogenated alkanes) is 9. The minimum Gasteiger partial charge on any atom is -0.394 e. The molecular formula is C32H48N10O8. The van der Waals surface area contributed by atoms with Crippen molar-refractivity contribution in [2.45, 2.75) is 113 Å². The highest BCUT2D eigenvalue weighted by atomic mass is 16.6. The summed E-state index contributed by atoms with van der Waals surface area (Å²) >= 11 is 0. The molecule has 6 heterocycles. The van der Waals surface area contributed by atoms with Crippen LogP contribution in [0.3, 0.4) is 0 Å². The fraction of sp³-hybridized carbons (Fsp3) is 0.688. The Morgan fingerprint density at radius 1 is 0.520 bits per heavy atom.